The normalized spacial score (nSPS) is 11.1. The SMILES string of the molecule is Cc1nc(/C=C/c2ccc(-c3ccccc3)o2)[nH]c(=O)c1CC(=O)O. The largest absolute Gasteiger partial charge is 0.481 e. The van der Waals surface area contributed by atoms with Crippen molar-refractivity contribution in [3.05, 3.63) is 75.7 Å². The average Bonchev–Trinajstić information content (AvgIpc) is 3.06. The quantitative estimate of drug-likeness (QED) is 0.746. The molecule has 3 aromatic rings. The molecule has 0 aliphatic heterocycles. The molecule has 3 rings (SSSR count). The highest BCUT2D eigenvalue weighted by atomic mass is 16.4. The zero-order valence-electron chi connectivity index (χ0n) is 13.5. The fourth-order valence-corrected chi connectivity index (χ4v) is 2.43. The number of benzene rings is 1. The van der Waals surface area contributed by atoms with Gasteiger partial charge in [-0.2, -0.15) is 0 Å². The van der Waals surface area contributed by atoms with Crippen molar-refractivity contribution >= 4 is 18.1 Å². The van der Waals surface area contributed by atoms with Crippen LogP contribution in [0.2, 0.25) is 0 Å². The van der Waals surface area contributed by atoms with Crippen LogP contribution >= 0.6 is 0 Å². The summed E-state index contributed by atoms with van der Waals surface area (Å²) in [6, 6.07) is 13.4. The second-order valence-electron chi connectivity index (χ2n) is 5.49. The zero-order chi connectivity index (χ0) is 17.8. The Morgan fingerprint density at radius 3 is 2.64 bits per heavy atom. The topological polar surface area (TPSA) is 96.2 Å². The summed E-state index contributed by atoms with van der Waals surface area (Å²) in [5.41, 5.74) is 1.09. The predicted octanol–water partition coefficient (Wildman–Crippen LogP) is 3.14. The summed E-state index contributed by atoms with van der Waals surface area (Å²) in [5, 5.41) is 8.83. The second-order valence-corrected chi connectivity index (χ2v) is 5.49. The molecule has 6 heteroatoms. The van der Waals surface area contributed by atoms with E-state index in [9.17, 15) is 9.59 Å². The molecule has 0 fully saturated rings. The van der Waals surface area contributed by atoms with Gasteiger partial charge >= 0.3 is 5.97 Å². The minimum atomic E-state index is -1.07. The summed E-state index contributed by atoms with van der Waals surface area (Å²) in [5.74, 6) is 0.639. The number of carboxylic acid groups (broad SMARTS) is 1. The lowest BCUT2D eigenvalue weighted by atomic mass is 10.2. The summed E-state index contributed by atoms with van der Waals surface area (Å²) in [4.78, 5) is 29.6. The number of carbonyl (C=O) groups is 1. The van der Waals surface area contributed by atoms with E-state index < -0.39 is 11.5 Å². The second kappa shape index (κ2) is 7.00. The van der Waals surface area contributed by atoms with Crippen LogP contribution in [0.25, 0.3) is 23.5 Å². The van der Waals surface area contributed by atoms with Gasteiger partial charge in [0.1, 0.15) is 17.3 Å². The van der Waals surface area contributed by atoms with E-state index in [0.717, 1.165) is 11.3 Å². The van der Waals surface area contributed by atoms with Crippen LogP contribution in [0.3, 0.4) is 0 Å². The fourth-order valence-electron chi connectivity index (χ4n) is 2.43. The van der Waals surface area contributed by atoms with E-state index >= 15 is 0 Å². The van der Waals surface area contributed by atoms with Gasteiger partial charge in [0.05, 0.1) is 6.42 Å². The standard InChI is InChI=1S/C19H16N2O4/c1-12-15(11-18(22)23)19(24)21-17(20-12)10-8-14-7-9-16(25-14)13-5-3-2-4-6-13/h2-10H,11H2,1H3,(H,22,23)(H,20,21,24)/b10-8+. The number of aliphatic carboxylic acids is 1. The van der Waals surface area contributed by atoms with E-state index in [1.54, 1.807) is 19.1 Å². The van der Waals surface area contributed by atoms with Crippen LogP contribution in [0.15, 0.2) is 51.7 Å². The highest BCUT2D eigenvalue weighted by Crippen LogP contribution is 2.22. The number of nitrogens with zero attached hydrogens (tertiary/aromatic N) is 1. The van der Waals surface area contributed by atoms with Crippen LogP contribution in [0.5, 0.6) is 0 Å². The zero-order valence-corrected chi connectivity index (χ0v) is 13.5. The summed E-state index contributed by atoms with van der Waals surface area (Å²) in [7, 11) is 0. The van der Waals surface area contributed by atoms with Gasteiger partial charge in [-0.1, -0.05) is 30.3 Å². The van der Waals surface area contributed by atoms with Crippen molar-refractivity contribution in [2.24, 2.45) is 0 Å². The Balaban J connectivity index is 1.82. The minimum absolute atomic E-state index is 0.161. The summed E-state index contributed by atoms with van der Waals surface area (Å²) in [6.07, 6.45) is 2.96. The maximum absolute atomic E-state index is 12.0. The van der Waals surface area contributed by atoms with Gasteiger partial charge in [0.25, 0.3) is 5.56 Å². The van der Waals surface area contributed by atoms with Crippen molar-refractivity contribution in [3.8, 4) is 11.3 Å². The van der Waals surface area contributed by atoms with Gasteiger partial charge in [-0.05, 0) is 31.2 Å². The minimum Gasteiger partial charge on any atom is -0.481 e. The number of rotatable bonds is 5. The van der Waals surface area contributed by atoms with Crippen molar-refractivity contribution in [3.63, 3.8) is 0 Å². The Bertz CT molecular complexity index is 984. The molecule has 1 aromatic carbocycles. The number of aromatic amines is 1. The number of nitrogens with one attached hydrogen (secondary N) is 1. The van der Waals surface area contributed by atoms with Gasteiger partial charge in [-0.25, -0.2) is 4.98 Å². The lowest BCUT2D eigenvalue weighted by Crippen LogP contribution is -2.20. The van der Waals surface area contributed by atoms with Crippen molar-refractivity contribution in [1.82, 2.24) is 9.97 Å². The summed E-state index contributed by atoms with van der Waals surface area (Å²) in [6.45, 7) is 1.62. The van der Waals surface area contributed by atoms with Crippen LogP contribution < -0.4 is 5.56 Å². The number of aryl methyl sites for hydroxylation is 1. The smallest absolute Gasteiger partial charge is 0.308 e. The number of aromatic nitrogens is 2. The number of hydrogen-bond acceptors (Lipinski definition) is 4. The third kappa shape index (κ3) is 3.92. The Morgan fingerprint density at radius 2 is 1.96 bits per heavy atom. The van der Waals surface area contributed by atoms with E-state index in [1.807, 2.05) is 42.5 Å². The van der Waals surface area contributed by atoms with Gasteiger partial charge in [-0.15, -0.1) is 0 Å². The van der Waals surface area contributed by atoms with E-state index in [2.05, 4.69) is 9.97 Å². The molecular weight excluding hydrogens is 320 g/mol. The van der Waals surface area contributed by atoms with Crippen LogP contribution in [-0.4, -0.2) is 21.0 Å². The first-order valence-electron chi connectivity index (χ1n) is 7.68. The Hall–Kier alpha value is -3.41. The molecular formula is C19H16N2O4. The van der Waals surface area contributed by atoms with Crippen LogP contribution in [0.4, 0.5) is 0 Å². The fraction of sp³-hybridized carbons (Fsp3) is 0.105. The van der Waals surface area contributed by atoms with Crippen LogP contribution in [-0.2, 0) is 11.2 Å². The molecule has 0 saturated carbocycles. The van der Waals surface area contributed by atoms with Crippen molar-refractivity contribution in [2.45, 2.75) is 13.3 Å². The molecule has 0 amide bonds. The highest BCUT2D eigenvalue weighted by molar-refractivity contribution is 5.70. The Kier molecular flexibility index (Phi) is 4.61. The van der Waals surface area contributed by atoms with Gasteiger partial charge in [0, 0.05) is 16.8 Å². The molecule has 0 bridgehead atoms. The molecule has 25 heavy (non-hydrogen) atoms. The summed E-state index contributed by atoms with van der Waals surface area (Å²) >= 11 is 0. The Morgan fingerprint density at radius 1 is 1.20 bits per heavy atom. The highest BCUT2D eigenvalue weighted by Gasteiger charge is 2.11. The third-order valence-electron chi connectivity index (χ3n) is 3.66. The molecule has 0 radical (unpaired) electrons. The first-order chi connectivity index (χ1) is 12.0. The molecule has 0 unspecified atom stereocenters. The van der Waals surface area contributed by atoms with Crippen molar-refractivity contribution < 1.29 is 14.3 Å². The van der Waals surface area contributed by atoms with Crippen molar-refractivity contribution in [1.29, 1.82) is 0 Å². The average molecular weight is 336 g/mol. The maximum Gasteiger partial charge on any atom is 0.308 e. The predicted molar refractivity (Wildman–Crippen MR) is 94.0 cm³/mol. The molecule has 2 aromatic heterocycles. The van der Waals surface area contributed by atoms with E-state index in [-0.39, 0.29) is 12.0 Å². The lowest BCUT2D eigenvalue weighted by Gasteiger charge is -2.02. The van der Waals surface area contributed by atoms with Gasteiger partial charge < -0.3 is 14.5 Å². The Labute approximate surface area is 143 Å². The van der Waals surface area contributed by atoms with E-state index in [0.29, 0.717) is 17.3 Å². The molecule has 0 aliphatic carbocycles. The number of furan rings is 1. The van der Waals surface area contributed by atoms with Crippen molar-refractivity contribution in [2.75, 3.05) is 0 Å². The number of H-pyrrole nitrogens is 1. The molecule has 0 aliphatic rings. The lowest BCUT2D eigenvalue weighted by molar-refractivity contribution is -0.136. The van der Waals surface area contributed by atoms with Crippen LogP contribution in [0.1, 0.15) is 22.8 Å². The molecule has 6 nitrogen and oxygen atoms in total. The molecule has 0 atom stereocenters. The molecule has 0 saturated heterocycles. The molecule has 0 spiro atoms. The monoisotopic (exact) mass is 336 g/mol. The molecule has 2 N–H and O–H groups in total. The molecule has 126 valence electrons. The van der Waals surface area contributed by atoms with E-state index in [4.69, 9.17) is 9.52 Å². The van der Waals surface area contributed by atoms with Gasteiger partial charge in [-0.3, -0.25) is 9.59 Å². The van der Waals surface area contributed by atoms with Crippen LogP contribution in [0, 0.1) is 6.92 Å². The number of carboxylic acids is 1. The third-order valence-corrected chi connectivity index (χ3v) is 3.66. The molecule has 2 heterocycles. The van der Waals surface area contributed by atoms with Gasteiger partial charge in [0.2, 0.25) is 0 Å². The number of hydrogen-bond donors (Lipinski definition) is 2. The summed E-state index contributed by atoms with van der Waals surface area (Å²) < 4.78 is 5.74. The van der Waals surface area contributed by atoms with E-state index in [1.165, 1.54) is 0 Å². The van der Waals surface area contributed by atoms with Gasteiger partial charge in [0.15, 0.2) is 0 Å². The maximum atomic E-state index is 12.0. The first-order valence-corrected chi connectivity index (χ1v) is 7.68. The first kappa shape index (κ1) is 16.4.